The molecule has 12 nitrogen and oxygen atoms in total. The SMILES string of the molecule is CC(C)n1nnc2cc(C(=O)N3CCOC4(CCN(Cc5cc(F)cc(CCNCC(O)c6ccc(O)c7[nH]c(=O)sc67)c5)CC4)C3)ccc21. The molecule has 50 heavy (non-hydrogen) atoms. The van der Waals surface area contributed by atoms with Gasteiger partial charge in [-0.2, -0.15) is 0 Å². The van der Waals surface area contributed by atoms with Gasteiger partial charge in [-0.3, -0.25) is 14.5 Å². The maximum absolute atomic E-state index is 14.7. The molecule has 1 spiro atoms. The number of aliphatic hydroxyl groups is 1. The summed E-state index contributed by atoms with van der Waals surface area (Å²) in [5.74, 6) is -0.341. The predicted octanol–water partition coefficient (Wildman–Crippen LogP) is 4.13. The van der Waals surface area contributed by atoms with Crippen molar-refractivity contribution in [2.24, 2.45) is 0 Å². The summed E-state index contributed by atoms with van der Waals surface area (Å²) >= 11 is 0.951. The third-order valence-electron chi connectivity index (χ3n) is 9.81. The quantitative estimate of drug-likeness (QED) is 0.158. The number of aromatic nitrogens is 4. The van der Waals surface area contributed by atoms with Gasteiger partial charge in [-0.25, -0.2) is 9.07 Å². The van der Waals surface area contributed by atoms with Crippen LogP contribution in [0.2, 0.25) is 0 Å². The van der Waals surface area contributed by atoms with E-state index in [1.807, 2.05) is 47.7 Å². The number of ether oxygens (including phenoxy) is 1. The molecule has 2 aliphatic rings. The first-order chi connectivity index (χ1) is 24.1. The van der Waals surface area contributed by atoms with Crippen LogP contribution in [0.1, 0.15) is 65.9 Å². The summed E-state index contributed by atoms with van der Waals surface area (Å²) in [6.45, 7) is 8.59. The Labute approximate surface area is 292 Å². The molecule has 4 N–H and O–H groups in total. The number of phenolic OH excluding ortho intramolecular Hbond substituents is 1. The molecule has 3 aromatic carbocycles. The van der Waals surface area contributed by atoms with Gasteiger partial charge in [-0.15, -0.1) is 5.10 Å². The number of benzene rings is 3. The summed E-state index contributed by atoms with van der Waals surface area (Å²) < 4.78 is 23.4. The van der Waals surface area contributed by atoms with Gasteiger partial charge in [0.15, 0.2) is 0 Å². The summed E-state index contributed by atoms with van der Waals surface area (Å²) in [5, 5.41) is 32.5. The number of carbonyl (C=O) groups is 1. The third kappa shape index (κ3) is 7.16. The molecule has 2 fully saturated rings. The lowest BCUT2D eigenvalue weighted by atomic mass is 9.88. The number of carbonyl (C=O) groups excluding carboxylic acids is 1. The highest BCUT2D eigenvalue weighted by atomic mass is 32.1. The zero-order chi connectivity index (χ0) is 35.0. The van der Waals surface area contributed by atoms with E-state index in [0.29, 0.717) is 66.1 Å². The van der Waals surface area contributed by atoms with Gasteiger partial charge in [0.05, 0.1) is 35.1 Å². The van der Waals surface area contributed by atoms with Crippen LogP contribution in [0.25, 0.3) is 21.3 Å². The van der Waals surface area contributed by atoms with Crippen LogP contribution in [0.15, 0.2) is 53.3 Å². The van der Waals surface area contributed by atoms with Crippen molar-refractivity contribution < 1.29 is 24.1 Å². The van der Waals surface area contributed by atoms with E-state index >= 15 is 0 Å². The number of halogens is 1. The Morgan fingerprint density at radius 3 is 2.72 bits per heavy atom. The molecule has 0 saturated carbocycles. The number of phenols is 1. The number of hydrogen-bond acceptors (Lipinski definition) is 10. The molecule has 7 rings (SSSR count). The van der Waals surface area contributed by atoms with Crippen molar-refractivity contribution in [1.29, 1.82) is 0 Å². The van der Waals surface area contributed by atoms with Crippen molar-refractivity contribution >= 4 is 38.5 Å². The first-order valence-electron chi connectivity index (χ1n) is 17.1. The molecule has 1 amide bonds. The molecule has 5 aromatic rings. The first kappa shape index (κ1) is 34.2. The van der Waals surface area contributed by atoms with Crippen LogP contribution in [-0.2, 0) is 17.7 Å². The summed E-state index contributed by atoms with van der Waals surface area (Å²) in [6.07, 6.45) is 1.25. The van der Waals surface area contributed by atoms with Gasteiger partial charge < -0.3 is 30.2 Å². The molecule has 4 heterocycles. The predicted molar refractivity (Wildman–Crippen MR) is 189 cm³/mol. The minimum absolute atomic E-state index is 0.0240. The number of aromatic hydroxyl groups is 1. The number of fused-ring (bicyclic) bond motifs is 2. The van der Waals surface area contributed by atoms with Crippen molar-refractivity contribution in [2.45, 2.75) is 57.4 Å². The van der Waals surface area contributed by atoms with E-state index in [2.05, 4.69) is 25.5 Å². The normalized spacial score (nSPS) is 17.3. The molecule has 2 aromatic heterocycles. The Morgan fingerprint density at radius 2 is 1.92 bits per heavy atom. The van der Waals surface area contributed by atoms with E-state index in [9.17, 15) is 24.2 Å². The molecule has 0 radical (unpaired) electrons. The number of amides is 1. The minimum Gasteiger partial charge on any atom is -0.506 e. The molecule has 1 unspecified atom stereocenters. The van der Waals surface area contributed by atoms with E-state index in [1.54, 1.807) is 18.2 Å². The zero-order valence-electron chi connectivity index (χ0n) is 28.2. The molecule has 264 valence electrons. The molecular weight excluding hydrogens is 662 g/mol. The molecule has 0 aliphatic carbocycles. The smallest absolute Gasteiger partial charge is 0.305 e. The van der Waals surface area contributed by atoms with Gasteiger partial charge in [0.1, 0.15) is 22.6 Å². The largest absolute Gasteiger partial charge is 0.506 e. The van der Waals surface area contributed by atoms with Crippen molar-refractivity contribution in [3.8, 4) is 5.75 Å². The summed E-state index contributed by atoms with van der Waals surface area (Å²) in [5.41, 5.74) is 4.47. The fourth-order valence-electron chi connectivity index (χ4n) is 7.17. The second-order valence-electron chi connectivity index (χ2n) is 13.7. The van der Waals surface area contributed by atoms with Crippen LogP contribution in [-0.4, -0.2) is 97.4 Å². The number of likely N-dealkylation sites (tertiary alicyclic amines) is 1. The molecule has 0 bridgehead atoms. The highest BCUT2D eigenvalue weighted by Gasteiger charge is 2.41. The fraction of sp³-hybridized carbons (Fsp3) is 0.444. The number of nitrogens with one attached hydrogen (secondary N) is 2. The minimum atomic E-state index is -0.879. The van der Waals surface area contributed by atoms with E-state index in [4.69, 9.17) is 4.74 Å². The lowest BCUT2D eigenvalue weighted by Crippen LogP contribution is -2.57. The maximum atomic E-state index is 14.7. The molecule has 2 aliphatic heterocycles. The standard InChI is InChI=1S/C36H42FN7O5S/c1-22(2)44-29-5-3-25(18-28(29)40-41-44)34(47)43-13-14-49-36(21-43)8-11-42(12-9-36)20-24-15-23(16-26(37)17-24)7-10-38-19-31(46)27-4-6-30(45)32-33(27)50-35(48)39-32/h3-6,15-18,22,31,38,45-46H,7-14,19-21H2,1-2H3,(H,39,48). The van der Waals surface area contributed by atoms with Gasteiger partial charge in [0.2, 0.25) is 0 Å². The number of nitrogens with zero attached hydrogens (tertiary/aromatic N) is 5. The van der Waals surface area contributed by atoms with E-state index < -0.39 is 11.7 Å². The van der Waals surface area contributed by atoms with Crippen LogP contribution >= 0.6 is 11.3 Å². The Bertz CT molecular complexity index is 2070. The van der Waals surface area contributed by atoms with Crippen LogP contribution in [0.4, 0.5) is 4.39 Å². The summed E-state index contributed by atoms with van der Waals surface area (Å²) in [6, 6.07) is 14.0. The number of thiazole rings is 1. The van der Waals surface area contributed by atoms with Crippen LogP contribution in [0.5, 0.6) is 5.75 Å². The second kappa shape index (κ2) is 14.2. The van der Waals surface area contributed by atoms with E-state index in [1.165, 1.54) is 6.07 Å². The van der Waals surface area contributed by atoms with E-state index in [-0.39, 0.29) is 34.9 Å². The van der Waals surface area contributed by atoms with Gasteiger partial charge in [0, 0.05) is 49.9 Å². The third-order valence-corrected chi connectivity index (χ3v) is 10.7. The van der Waals surface area contributed by atoms with Crippen molar-refractivity contribution in [3.05, 3.63) is 86.3 Å². The molecule has 1 atom stereocenters. The van der Waals surface area contributed by atoms with Gasteiger partial charge in [-0.05, 0) is 87.2 Å². The summed E-state index contributed by atoms with van der Waals surface area (Å²) in [4.78, 5) is 31.9. The van der Waals surface area contributed by atoms with Crippen molar-refractivity contribution in [3.63, 3.8) is 0 Å². The van der Waals surface area contributed by atoms with Gasteiger partial charge >= 0.3 is 4.87 Å². The zero-order valence-corrected chi connectivity index (χ0v) is 29.0. The van der Waals surface area contributed by atoms with Crippen LogP contribution < -0.4 is 10.2 Å². The Morgan fingerprint density at radius 1 is 1.12 bits per heavy atom. The van der Waals surface area contributed by atoms with Crippen molar-refractivity contribution in [2.75, 3.05) is 45.9 Å². The average molecular weight is 704 g/mol. The highest BCUT2D eigenvalue weighted by molar-refractivity contribution is 7.16. The topological polar surface area (TPSA) is 149 Å². The lowest BCUT2D eigenvalue weighted by Gasteiger charge is -2.47. The number of aliphatic hydroxyl groups excluding tert-OH is 1. The lowest BCUT2D eigenvalue weighted by molar-refractivity contribution is -0.127. The fourth-order valence-corrected chi connectivity index (χ4v) is 8.09. The molecule has 14 heteroatoms. The average Bonchev–Trinajstić information content (AvgIpc) is 3.71. The van der Waals surface area contributed by atoms with Crippen molar-refractivity contribution in [1.82, 2.24) is 35.1 Å². The number of aromatic amines is 1. The number of rotatable bonds is 10. The second-order valence-corrected chi connectivity index (χ2v) is 14.7. The van der Waals surface area contributed by atoms with Crippen LogP contribution in [0, 0.1) is 5.82 Å². The van der Waals surface area contributed by atoms with Gasteiger partial charge in [0.25, 0.3) is 5.91 Å². The Balaban J connectivity index is 0.907. The Hall–Kier alpha value is -4.21. The van der Waals surface area contributed by atoms with E-state index in [0.717, 1.165) is 53.9 Å². The molecule has 2 saturated heterocycles. The Kier molecular flexibility index (Phi) is 9.72. The van der Waals surface area contributed by atoms with Gasteiger partial charge in [-0.1, -0.05) is 28.7 Å². The monoisotopic (exact) mass is 703 g/mol. The van der Waals surface area contributed by atoms with Crippen LogP contribution in [0.3, 0.4) is 0 Å². The number of hydrogen-bond donors (Lipinski definition) is 4. The number of piperidine rings is 1. The number of H-pyrrole nitrogens is 1. The highest BCUT2D eigenvalue weighted by Crippen LogP contribution is 2.33. The molecular formula is C36H42FN7O5S. The first-order valence-corrected chi connectivity index (χ1v) is 17.9. The number of morpholine rings is 1. The summed E-state index contributed by atoms with van der Waals surface area (Å²) in [7, 11) is 0. The maximum Gasteiger partial charge on any atom is 0.305 e.